The molecule has 170 valence electrons. The van der Waals surface area contributed by atoms with Crippen LogP contribution in [0.25, 0.3) is 10.4 Å². The molecule has 3 aromatic carbocycles. The van der Waals surface area contributed by atoms with Gasteiger partial charge in [-0.05, 0) is 66.9 Å². The molecule has 0 spiro atoms. The smallest absolute Gasteiger partial charge is 0.265 e. The highest BCUT2D eigenvalue weighted by Crippen LogP contribution is 2.42. The topological polar surface area (TPSA) is 49.4 Å². The Kier molecular flexibility index (Phi) is 5.98. The van der Waals surface area contributed by atoms with Crippen LogP contribution in [0.2, 0.25) is 0 Å². The van der Waals surface area contributed by atoms with Crippen molar-refractivity contribution in [2.24, 2.45) is 0 Å². The van der Waals surface area contributed by atoms with Crippen LogP contribution in [0.4, 0.5) is 15.8 Å². The van der Waals surface area contributed by atoms with Gasteiger partial charge in [-0.15, -0.1) is 24.0 Å². The minimum atomic E-state index is -0.461. The number of anilines is 2. The number of fused-ring (bicyclic) bond motifs is 3. The van der Waals surface area contributed by atoms with Gasteiger partial charge < -0.3 is 10.2 Å². The number of hydrogen-bond donors (Lipinski definition) is 2. The number of halogens is 1. The van der Waals surface area contributed by atoms with E-state index in [1.807, 2.05) is 30.3 Å². The third-order valence-corrected chi connectivity index (χ3v) is 7.40. The maximum atomic E-state index is 14.2. The van der Waals surface area contributed by atoms with Crippen molar-refractivity contribution in [3.8, 4) is 10.4 Å². The van der Waals surface area contributed by atoms with E-state index in [2.05, 4.69) is 17.9 Å². The standard InChI is InChI=1S/C27H21FN2O2S2/c1-16-5-4-7-21(28)24(16)29-26(31)23-15-18-13-14-30(27(32)17-9-11-19(33)12-10-17)22-8-3-2-6-20(22)25(18)34-23/h2-12,15,33H,13-14H2,1H3,(H,29,31). The zero-order valence-electron chi connectivity index (χ0n) is 18.3. The van der Waals surface area contributed by atoms with Crippen molar-refractivity contribution in [3.05, 3.63) is 100 Å². The molecule has 0 radical (unpaired) electrons. The highest BCUT2D eigenvalue weighted by atomic mass is 32.1. The second-order valence-electron chi connectivity index (χ2n) is 8.12. The van der Waals surface area contributed by atoms with Crippen molar-refractivity contribution in [2.45, 2.75) is 18.2 Å². The van der Waals surface area contributed by atoms with Gasteiger partial charge in [0.2, 0.25) is 0 Å². The van der Waals surface area contributed by atoms with Crippen molar-refractivity contribution in [1.29, 1.82) is 0 Å². The summed E-state index contributed by atoms with van der Waals surface area (Å²) in [5.41, 5.74) is 4.16. The van der Waals surface area contributed by atoms with Gasteiger partial charge in [0.1, 0.15) is 5.82 Å². The van der Waals surface area contributed by atoms with Gasteiger partial charge in [-0.1, -0.05) is 30.3 Å². The number of aryl methyl sites for hydroxylation is 1. The Morgan fingerprint density at radius 1 is 1.03 bits per heavy atom. The first-order valence-corrected chi connectivity index (χ1v) is 12.1. The number of carbonyl (C=O) groups excluding carboxylic acids is 2. The Hall–Kier alpha value is -3.42. The lowest BCUT2D eigenvalue weighted by atomic mass is 10.1. The van der Waals surface area contributed by atoms with Gasteiger partial charge in [0, 0.05) is 27.4 Å². The summed E-state index contributed by atoms with van der Waals surface area (Å²) >= 11 is 5.67. The number of carbonyl (C=O) groups is 2. The average Bonchev–Trinajstić information content (AvgIpc) is 3.20. The summed E-state index contributed by atoms with van der Waals surface area (Å²) < 4.78 is 14.2. The Labute approximate surface area is 206 Å². The number of nitrogens with zero attached hydrogens (tertiary/aromatic N) is 1. The quantitative estimate of drug-likeness (QED) is 0.319. The number of amides is 2. The second kappa shape index (κ2) is 9.08. The fraction of sp³-hybridized carbons (Fsp3) is 0.111. The molecule has 1 aromatic heterocycles. The third kappa shape index (κ3) is 4.13. The van der Waals surface area contributed by atoms with Crippen molar-refractivity contribution in [1.82, 2.24) is 0 Å². The number of nitrogens with one attached hydrogen (secondary N) is 1. The van der Waals surface area contributed by atoms with E-state index in [1.165, 1.54) is 17.4 Å². The molecule has 4 nitrogen and oxygen atoms in total. The molecule has 1 aliphatic heterocycles. The van der Waals surface area contributed by atoms with Crippen LogP contribution in [0.1, 0.15) is 31.2 Å². The number of rotatable bonds is 3. The summed E-state index contributed by atoms with van der Waals surface area (Å²) in [6, 6.07) is 21.5. The zero-order valence-corrected chi connectivity index (χ0v) is 20.1. The average molecular weight is 489 g/mol. The van der Waals surface area contributed by atoms with Crippen LogP contribution in [0.5, 0.6) is 0 Å². The number of benzene rings is 3. The van der Waals surface area contributed by atoms with Crippen molar-refractivity contribution in [3.63, 3.8) is 0 Å². The Balaban J connectivity index is 1.49. The lowest BCUT2D eigenvalue weighted by molar-refractivity contribution is 0.0985. The van der Waals surface area contributed by atoms with Crippen molar-refractivity contribution in [2.75, 3.05) is 16.8 Å². The van der Waals surface area contributed by atoms with Crippen LogP contribution in [0, 0.1) is 12.7 Å². The van der Waals surface area contributed by atoms with Crippen molar-refractivity contribution < 1.29 is 14.0 Å². The van der Waals surface area contributed by atoms with E-state index in [1.54, 1.807) is 48.2 Å². The third-order valence-electron chi connectivity index (χ3n) is 5.90. The van der Waals surface area contributed by atoms with Gasteiger partial charge >= 0.3 is 0 Å². The van der Waals surface area contributed by atoms with Gasteiger partial charge in [0.05, 0.1) is 16.3 Å². The molecule has 1 N–H and O–H groups in total. The fourth-order valence-electron chi connectivity index (χ4n) is 4.14. The molecule has 0 saturated heterocycles. The van der Waals surface area contributed by atoms with E-state index in [0.717, 1.165) is 26.6 Å². The molecule has 2 heterocycles. The lowest BCUT2D eigenvalue weighted by Crippen LogP contribution is -2.32. The van der Waals surface area contributed by atoms with Gasteiger partial charge in [-0.3, -0.25) is 9.59 Å². The first-order chi connectivity index (χ1) is 16.4. The van der Waals surface area contributed by atoms with Crippen LogP contribution < -0.4 is 10.2 Å². The van der Waals surface area contributed by atoms with Crippen LogP contribution in [-0.4, -0.2) is 18.4 Å². The minimum Gasteiger partial charge on any atom is -0.319 e. The predicted molar refractivity (Wildman–Crippen MR) is 138 cm³/mol. The number of thiol groups is 1. The number of thiophene rings is 1. The Morgan fingerprint density at radius 2 is 1.79 bits per heavy atom. The zero-order chi connectivity index (χ0) is 23.8. The van der Waals surface area contributed by atoms with Crippen LogP contribution in [0.3, 0.4) is 0 Å². The summed E-state index contributed by atoms with van der Waals surface area (Å²) in [6.07, 6.45) is 0.600. The van der Waals surface area contributed by atoms with E-state index < -0.39 is 5.82 Å². The summed E-state index contributed by atoms with van der Waals surface area (Å²) in [6.45, 7) is 2.24. The first kappa shape index (κ1) is 22.4. The number of para-hydroxylation sites is 2. The molecule has 0 bridgehead atoms. The largest absolute Gasteiger partial charge is 0.319 e. The van der Waals surface area contributed by atoms with E-state index in [4.69, 9.17) is 0 Å². The Bertz CT molecular complexity index is 1390. The molecule has 34 heavy (non-hydrogen) atoms. The Morgan fingerprint density at radius 3 is 2.56 bits per heavy atom. The van der Waals surface area contributed by atoms with Crippen LogP contribution in [0.15, 0.2) is 77.7 Å². The highest BCUT2D eigenvalue weighted by molar-refractivity contribution is 7.80. The van der Waals surface area contributed by atoms with Gasteiger partial charge in [0.25, 0.3) is 11.8 Å². The van der Waals surface area contributed by atoms with E-state index in [-0.39, 0.29) is 17.5 Å². The van der Waals surface area contributed by atoms with Crippen LogP contribution >= 0.6 is 24.0 Å². The van der Waals surface area contributed by atoms with E-state index in [0.29, 0.717) is 29.0 Å². The number of hydrogen-bond acceptors (Lipinski definition) is 4. The van der Waals surface area contributed by atoms with Crippen LogP contribution in [-0.2, 0) is 6.42 Å². The van der Waals surface area contributed by atoms with Crippen molar-refractivity contribution >= 4 is 47.2 Å². The van der Waals surface area contributed by atoms with Gasteiger partial charge in [0.15, 0.2) is 0 Å². The normalized spacial score (nSPS) is 12.5. The summed E-state index contributed by atoms with van der Waals surface area (Å²) in [7, 11) is 0. The predicted octanol–water partition coefficient (Wildman–Crippen LogP) is 6.61. The minimum absolute atomic E-state index is 0.0797. The molecule has 0 unspecified atom stereocenters. The molecule has 2 amide bonds. The molecule has 0 atom stereocenters. The monoisotopic (exact) mass is 488 g/mol. The molecule has 0 saturated carbocycles. The maximum Gasteiger partial charge on any atom is 0.265 e. The first-order valence-electron chi connectivity index (χ1n) is 10.8. The summed E-state index contributed by atoms with van der Waals surface area (Å²) in [5.74, 6) is -0.885. The molecule has 7 heteroatoms. The SMILES string of the molecule is Cc1cccc(F)c1NC(=O)c1cc2c(s1)-c1ccccc1N(C(=O)c1ccc(S)cc1)CC2. The lowest BCUT2D eigenvalue weighted by Gasteiger charge is -2.23. The molecular formula is C27H21FN2O2S2. The van der Waals surface area contributed by atoms with E-state index in [9.17, 15) is 14.0 Å². The second-order valence-corrected chi connectivity index (χ2v) is 9.69. The summed E-state index contributed by atoms with van der Waals surface area (Å²) in [4.78, 5) is 30.4. The molecule has 0 aliphatic carbocycles. The molecule has 4 aromatic rings. The highest BCUT2D eigenvalue weighted by Gasteiger charge is 2.27. The van der Waals surface area contributed by atoms with Gasteiger partial charge in [-0.25, -0.2) is 4.39 Å². The molecule has 1 aliphatic rings. The molecular weight excluding hydrogens is 467 g/mol. The summed E-state index contributed by atoms with van der Waals surface area (Å²) in [5, 5.41) is 2.72. The molecule has 0 fully saturated rings. The molecule has 5 rings (SSSR count). The fourth-order valence-corrected chi connectivity index (χ4v) is 5.43. The van der Waals surface area contributed by atoms with Gasteiger partial charge in [-0.2, -0.15) is 0 Å². The van der Waals surface area contributed by atoms with E-state index >= 15 is 0 Å². The maximum absolute atomic E-state index is 14.2.